The Morgan fingerprint density at radius 3 is 2.50 bits per heavy atom. The molecule has 0 aliphatic heterocycles. The number of benzene rings is 2. The first kappa shape index (κ1) is 21.4. The molecule has 6 heteroatoms. The number of guanidine groups is 1. The van der Waals surface area contributed by atoms with Crippen molar-refractivity contribution in [2.75, 3.05) is 27.8 Å². The van der Waals surface area contributed by atoms with Crippen LogP contribution in [-0.4, -0.2) is 38.8 Å². The number of para-hydroxylation sites is 1. The Hall–Kier alpha value is -3.28. The van der Waals surface area contributed by atoms with Crippen LogP contribution in [0.4, 0.5) is 0 Å². The molecule has 0 atom stereocenters. The Kier molecular flexibility index (Phi) is 6.77. The summed E-state index contributed by atoms with van der Waals surface area (Å²) in [6.07, 6.45) is 1.84. The highest BCUT2D eigenvalue weighted by atomic mass is 16.5. The van der Waals surface area contributed by atoms with Crippen LogP contribution in [0.15, 0.2) is 59.7 Å². The van der Waals surface area contributed by atoms with Gasteiger partial charge in [0.15, 0.2) is 17.5 Å². The van der Waals surface area contributed by atoms with Gasteiger partial charge >= 0.3 is 0 Å². The first-order valence-corrected chi connectivity index (χ1v) is 9.98. The third-order valence-corrected chi connectivity index (χ3v) is 5.27. The van der Waals surface area contributed by atoms with Gasteiger partial charge in [-0.05, 0) is 35.4 Å². The van der Waals surface area contributed by atoms with Crippen LogP contribution in [0.25, 0.3) is 10.9 Å². The average Bonchev–Trinajstić information content (AvgIpc) is 2.78. The molecule has 2 aromatic carbocycles. The Labute approximate surface area is 178 Å². The highest BCUT2D eigenvalue weighted by Crippen LogP contribution is 2.32. The SMILES string of the molecule is CN=C(NCc1ccnc2ccccc12)NCC(C)(C)c1ccc(OC)c(OC)c1. The van der Waals surface area contributed by atoms with E-state index in [1.807, 2.05) is 42.6 Å². The number of aliphatic imine (C=N–C) groups is 1. The van der Waals surface area contributed by atoms with Crippen molar-refractivity contribution in [3.63, 3.8) is 0 Å². The summed E-state index contributed by atoms with van der Waals surface area (Å²) in [6.45, 7) is 5.74. The first-order chi connectivity index (χ1) is 14.5. The number of nitrogens with zero attached hydrogens (tertiary/aromatic N) is 2. The lowest BCUT2D eigenvalue weighted by molar-refractivity contribution is 0.353. The standard InChI is InChI=1S/C24H30N4O2/c1-24(2,18-10-11-21(29-4)22(14-18)30-5)16-28-23(25-3)27-15-17-12-13-26-20-9-7-6-8-19(17)20/h6-14H,15-16H2,1-5H3,(H2,25,27,28). The highest BCUT2D eigenvalue weighted by molar-refractivity contribution is 5.83. The van der Waals surface area contributed by atoms with Gasteiger partial charge in [0.1, 0.15) is 0 Å². The number of ether oxygens (including phenoxy) is 2. The van der Waals surface area contributed by atoms with Crippen molar-refractivity contribution in [2.45, 2.75) is 25.8 Å². The summed E-state index contributed by atoms with van der Waals surface area (Å²) < 4.78 is 10.8. The van der Waals surface area contributed by atoms with Gasteiger partial charge in [0.05, 0.1) is 19.7 Å². The molecule has 0 fully saturated rings. The van der Waals surface area contributed by atoms with Crippen molar-refractivity contribution >= 4 is 16.9 Å². The molecule has 0 bridgehead atoms. The Morgan fingerprint density at radius 1 is 1.00 bits per heavy atom. The largest absolute Gasteiger partial charge is 0.493 e. The molecule has 0 saturated carbocycles. The predicted octanol–water partition coefficient (Wildman–Crippen LogP) is 3.89. The molecule has 0 saturated heterocycles. The van der Waals surface area contributed by atoms with Crippen molar-refractivity contribution in [1.82, 2.24) is 15.6 Å². The van der Waals surface area contributed by atoms with Gasteiger partial charge in [0.2, 0.25) is 0 Å². The van der Waals surface area contributed by atoms with E-state index in [0.29, 0.717) is 13.1 Å². The zero-order valence-electron chi connectivity index (χ0n) is 18.3. The molecular formula is C24H30N4O2. The van der Waals surface area contributed by atoms with Crippen LogP contribution < -0.4 is 20.1 Å². The maximum Gasteiger partial charge on any atom is 0.191 e. The summed E-state index contributed by atoms with van der Waals surface area (Å²) in [4.78, 5) is 8.80. The molecule has 158 valence electrons. The first-order valence-electron chi connectivity index (χ1n) is 9.98. The van der Waals surface area contributed by atoms with E-state index in [1.54, 1.807) is 21.3 Å². The second-order valence-electron chi connectivity index (χ2n) is 7.72. The third kappa shape index (κ3) is 4.82. The number of fused-ring (bicyclic) bond motifs is 1. The smallest absolute Gasteiger partial charge is 0.191 e. The van der Waals surface area contributed by atoms with Crippen LogP contribution in [0, 0.1) is 0 Å². The summed E-state index contributed by atoms with van der Waals surface area (Å²) in [6, 6.07) is 16.2. The number of hydrogen-bond acceptors (Lipinski definition) is 4. The highest BCUT2D eigenvalue weighted by Gasteiger charge is 2.22. The van der Waals surface area contributed by atoms with Crippen molar-refractivity contribution in [1.29, 1.82) is 0 Å². The summed E-state index contributed by atoms with van der Waals surface area (Å²) in [7, 11) is 5.08. The van der Waals surface area contributed by atoms with Gasteiger partial charge in [0, 0.05) is 37.1 Å². The van der Waals surface area contributed by atoms with Gasteiger partial charge < -0.3 is 20.1 Å². The molecule has 1 heterocycles. The fourth-order valence-corrected chi connectivity index (χ4v) is 3.37. The van der Waals surface area contributed by atoms with Crippen LogP contribution in [0.5, 0.6) is 11.5 Å². The molecule has 0 radical (unpaired) electrons. The molecule has 0 amide bonds. The van der Waals surface area contributed by atoms with Crippen LogP contribution in [-0.2, 0) is 12.0 Å². The van der Waals surface area contributed by atoms with Gasteiger partial charge in [0.25, 0.3) is 0 Å². The Morgan fingerprint density at radius 2 is 1.77 bits per heavy atom. The zero-order chi connectivity index (χ0) is 21.6. The van der Waals surface area contributed by atoms with Crippen molar-refractivity contribution < 1.29 is 9.47 Å². The molecule has 3 aromatic rings. The molecule has 3 rings (SSSR count). The maximum absolute atomic E-state index is 5.45. The second-order valence-corrected chi connectivity index (χ2v) is 7.72. The second kappa shape index (κ2) is 9.48. The number of rotatable bonds is 7. The average molecular weight is 407 g/mol. The maximum atomic E-state index is 5.45. The van der Waals surface area contributed by atoms with Gasteiger partial charge in [-0.25, -0.2) is 0 Å². The summed E-state index contributed by atoms with van der Waals surface area (Å²) >= 11 is 0. The molecule has 30 heavy (non-hydrogen) atoms. The molecule has 0 unspecified atom stereocenters. The van der Waals surface area contributed by atoms with Gasteiger partial charge in [-0.2, -0.15) is 0 Å². The quantitative estimate of drug-likeness (QED) is 0.460. The van der Waals surface area contributed by atoms with Crippen molar-refractivity contribution in [2.24, 2.45) is 4.99 Å². The summed E-state index contributed by atoms with van der Waals surface area (Å²) in [5.74, 6) is 2.21. The van der Waals surface area contributed by atoms with Crippen LogP contribution in [0.3, 0.4) is 0 Å². The fourth-order valence-electron chi connectivity index (χ4n) is 3.37. The fraction of sp³-hybridized carbons (Fsp3) is 0.333. The minimum atomic E-state index is -0.138. The van der Waals surface area contributed by atoms with Gasteiger partial charge in [-0.1, -0.05) is 38.1 Å². The van der Waals surface area contributed by atoms with Gasteiger partial charge in [-0.15, -0.1) is 0 Å². The Balaban J connectivity index is 1.66. The molecule has 0 aliphatic carbocycles. The number of nitrogens with one attached hydrogen (secondary N) is 2. The molecular weight excluding hydrogens is 376 g/mol. The van der Waals surface area contributed by atoms with E-state index in [-0.39, 0.29) is 5.41 Å². The molecule has 0 aliphatic rings. The summed E-state index contributed by atoms with van der Waals surface area (Å²) in [5, 5.41) is 8.00. The minimum Gasteiger partial charge on any atom is -0.493 e. The lowest BCUT2D eigenvalue weighted by Gasteiger charge is -2.27. The van der Waals surface area contributed by atoms with E-state index in [1.165, 1.54) is 5.56 Å². The lowest BCUT2D eigenvalue weighted by atomic mass is 9.84. The molecule has 0 spiro atoms. The third-order valence-electron chi connectivity index (χ3n) is 5.27. The van der Waals surface area contributed by atoms with E-state index in [0.717, 1.165) is 33.9 Å². The van der Waals surface area contributed by atoms with E-state index in [2.05, 4.69) is 46.6 Å². The van der Waals surface area contributed by atoms with Crippen LogP contribution in [0.1, 0.15) is 25.0 Å². The summed E-state index contributed by atoms with van der Waals surface area (Å²) in [5.41, 5.74) is 3.20. The minimum absolute atomic E-state index is 0.138. The number of hydrogen-bond donors (Lipinski definition) is 2. The lowest BCUT2D eigenvalue weighted by Crippen LogP contribution is -2.43. The topological polar surface area (TPSA) is 67.8 Å². The van der Waals surface area contributed by atoms with E-state index >= 15 is 0 Å². The number of pyridine rings is 1. The number of aromatic nitrogens is 1. The van der Waals surface area contributed by atoms with Gasteiger partial charge in [-0.3, -0.25) is 9.98 Å². The molecule has 6 nitrogen and oxygen atoms in total. The molecule has 2 N–H and O–H groups in total. The van der Waals surface area contributed by atoms with E-state index in [9.17, 15) is 0 Å². The predicted molar refractivity (Wildman–Crippen MR) is 123 cm³/mol. The van der Waals surface area contributed by atoms with E-state index < -0.39 is 0 Å². The van der Waals surface area contributed by atoms with Crippen LogP contribution >= 0.6 is 0 Å². The van der Waals surface area contributed by atoms with E-state index in [4.69, 9.17) is 9.47 Å². The monoisotopic (exact) mass is 406 g/mol. The molecule has 1 aromatic heterocycles. The van der Waals surface area contributed by atoms with Crippen molar-refractivity contribution in [3.8, 4) is 11.5 Å². The normalized spacial score (nSPS) is 12.0. The van der Waals surface area contributed by atoms with Crippen LogP contribution in [0.2, 0.25) is 0 Å². The number of methoxy groups -OCH3 is 2. The Bertz CT molecular complexity index is 1030. The zero-order valence-corrected chi connectivity index (χ0v) is 18.3. The van der Waals surface area contributed by atoms with Crippen molar-refractivity contribution in [3.05, 3.63) is 65.9 Å².